The first-order chi connectivity index (χ1) is 10.7. The molecule has 2 aromatic rings. The number of nitrogens with one attached hydrogen (secondary N) is 2. The molecule has 0 fully saturated rings. The van der Waals surface area contributed by atoms with Crippen LogP contribution >= 0.6 is 0 Å². The number of aromatic nitrogens is 2. The van der Waals surface area contributed by atoms with Crippen molar-refractivity contribution in [3.05, 3.63) is 46.9 Å². The Kier molecular flexibility index (Phi) is 2.92. The van der Waals surface area contributed by atoms with Crippen LogP contribution in [0.1, 0.15) is 30.9 Å². The summed E-state index contributed by atoms with van der Waals surface area (Å²) < 4.78 is 19.0. The van der Waals surface area contributed by atoms with E-state index in [1.54, 1.807) is 18.2 Å². The monoisotopic (exact) mass is 300 g/mol. The summed E-state index contributed by atoms with van der Waals surface area (Å²) in [7, 11) is 0. The van der Waals surface area contributed by atoms with Crippen molar-refractivity contribution in [1.82, 2.24) is 10.3 Å². The van der Waals surface area contributed by atoms with Crippen molar-refractivity contribution in [2.75, 3.05) is 10.6 Å². The number of fused-ring (bicyclic) bond motifs is 1. The third kappa shape index (κ3) is 1.97. The molecule has 0 saturated carbocycles. The Morgan fingerprint density at radius 3 is 2.86 bits per heavy atom. The van der Waals surface area contributed by atoms with Crippen LogP contribution in [-0.2, 0) is 4.79 Å². The minimum Gasteiger partial charge on any atom is -0.353 e. The zero-order chi connectivity index (χ0) is 15.1. The Balaban J connectivity index is 1.90. The van der Waals surface area contributed by atoms with Crippen molar-refractivity contribution in [3.8, 4) is 0 Å². The molecule has 112 valence electrons. The molecule has 1 aromatic carbocycles. The third-order valence-electron chi connectivity index (χ3n) is 4.00. The number of ketones is 1. The maximum atomic E-state index is 14.2. The molecular formula is C15H13FN4O2. The van der Waals surface area contributed by atoms with Crippen LogP contribution in [0, 0.1) is 5.82 Å². The SMILES string of the molecule is O=C1CCCC2=C1[C@@H](c1ccccc1F)Nc1nonc1N2. The molecule has 1 aromatic heterocycles. The molecule has 0 unspecified atom stereocenters. The molecule has 2 aliphatic rings. The molecule has 0 saturated heterocycles. The normalized spacial score (nSPS) is 20.6. The molecular weight excluding hydrogens is 287 g/mol. The van der Waals surface area contributed by atoms with Gasteiger partial charge in [0.25, 0.3) is 0 Å². The summed E-state index contributed by atoms with van der Waals surface area (Å²) in [5.74, 6) is 0.429. The largest absolute Gasteiger partial charge is 0.353 e. The molecule has 2 heterocycles. The average molecular weight is 300 g/mol. The molecule has 7 heteroatoms. The predicted molar refractivity (Wildman–Crippen MR) is 76.6 cm³/mol. The topological polar surface area (TPSA) is 80.1 Å². The van der Waals surface area contributed by atoms with E-state index < -0.39 is 6.04 Å². The number of benzene rings is 1. The van der Waals surface area contributed by atoms with Crippen LogP contribution in [0.2, 0.25) is 0 Å². The maximum absolute atomic E-state index is 14.2. The molecule has 0 spiro atoms. The second-order valence-corrected chi connectivity index (χ2v) is 5.35. The van der Waals surface area contributed by atoms with Gasteiger partial charge in [0.1, 0.15) is 5.82 Å². The van der Waals surface area contributed by atoms with E-state index in [4.69, 9.17) is 4.63 Å². The van der Waals surface area contributed by atoms with Crippen molar-refractivity contribution < 1.29 is 13.8 Å². The van der Waals surface area contributed by atoms with Crippen molar-refractivity contribution in [2.45, 2.75) is 25.3 Å². The highest BCUT2D eigenvalue weighted by Gasteiger charge is 2.34. The first kappa shape index (κ1) is 13.0. The highest BCUT2D eigenvalue weighted by Crippen LogP contribution is 2.39. The van der Waals surface area contributed by atoms with Gasteiger partial charge < -0.3 is 10.6 Å². The number of anilines is 2. The van der Waals surface area contributed by atoms with E-state index in [1.165, 1.54) is 6.07 Å². The van der Waals surface area contributed by atoms with Gasteiger partial charge in [-0.05, 0) is 29.2 Å². The highest BCUT2D eigenvalue weighted by molar-refractivity contribution is 6.00. The lowest BCUT2D eigenvalue weighted by Gasteiger charge is -2.25. The fourth-order valence-electron chi connectivity index (χ4n) is 2.99. The lowest BCUT2D eigenvalue weighted by atomic mass is 9.86. The summed E-state index contributed by atoms with van der Waals surface area (Å²) in [6.45, 7) is 0. The molecule has 0 amide bonds. The van der Waals surface area contributed by atoms with Crippen molar-refractivity contribution in [2.24, 2.45) is 0 Å². The Hall–Kier alpha value is -2.70. The van der Waals surface area contributed by atoms with Gasteiger partial charge in [0, 0.05) is 23.3 Å². The summed E-state index contributed by atoms with van der Waals surface area (Å²) in [4.78, 5) is 12.4. The van der Waals surface area contributed by atoms with Gasteiger partial charge in [-0.2, -0.15) is 0 Å². The summed E-state index contributed by atoms with van der Waals surface area (Å²) in [6.07, 6.45) is 1.93. The lowest BCUT2D eigenvalue weighted by molar-refractivity contribution is -0.116. The van der Waals surface area contributed by atoms with E-state index >= 15 is 0 Å². The van der Waals surface area contributed by atoms with Crippen LogP contribution < -0.4 is 10.6 Å². The van der Waals surface area contributed by atoms with Gasteiger partial charge in [-0.1, -0.05) is 18.2 Å². The van der Waals surface area contributed by atoms with E-state index in [1.807, 2.05) is 0 Å². The van der Waals surface area contributed by atoms with Crippen LogP contribution in [0.15, 0.2) is 40.2 Å². The molecule has 6 nitrogen and oxygen atoms in total. The quantitative estimate of drug-likeness (QED) is 0.843. The molecule has 0 bridgehead atoms. The number of allylic oxidation sites excluding steroid dienone is 1. The number of carbonyl (C=O) groups excluding carboxylic acids is 1. The van der Waals surface area contributed by atoms with Gasteiger partial charge in [0.05, 0.1) is 6.04 Å². The fourth-order valence-corrected chi connectivity index (χ4v) is 2.99. The van der Waals surface area contributed by atoms with Gasteiger partial charge in [0.15, 0.2) is 5.78 Å². The number of hydrogen-bond donors (Lipinski definition) is 2. The highest BCUT2D eigenvalue weighted by atomic mass is 19.1. The number of hydrogen-bond acceptors (Lipinski definition) is 6. The maximum Gasteiger partial charge on any atom is 0.219 e. The third-order valence-corrected chi connectivity index (χ3v) is 4.00. The van der Waals surface area contributed by atoms with E-state index in [0.717, 1.165) is 12.1 Å². The summed E-state index contributed by atoms with van der Waals surface area (Å²) >= 11 is 0. The lowest BCUT2D eigenvalue weighted by Crippen LogP contribution is -2.24. The Bertz CT molecular complexity index is 783. The Morgan fingerprint density at radius 1 is 1.18 bits per heavy atom. The number of nitrogens with zero attached hydrogens (tertiary/aromatic N) is 2. The number of rotatable bonds is 1. The smallest absolute Gasteiger partial charge is 0.219 e. The van der Waals surface area contributed by atoms with Gasteiger partial charge in [-0.25, -0.2) is 9.02 Å². The van der Waals surface area contributed by atoms with Gasteiger partial charge in [0.2, 0.25) is 11.6 Å². The number of halogens is 1. The Morgan fingerprint density at radius 2 is 2.00 bits per heavy atom. The van der Waals surface area contributed by atoms with E-state index in [0.29, 0.717) is 35.6 Å². The minimum atomic E-state index is -0.607. The fraction of sp³-hybridized carbons (Fsp3) is 0.267. The Labute approximate surface area is 125 Å². The molecule has 1 atom stereocenters. The zero-order valence-electron chi connectivity index (χ0n) is 11.6. The van der Waals surface area contributed by atoms with Crippen LogP contribution in [-0.4, -0.2) is 16.1 Å². The van der Waals surface area contributed by atoms with Crippen LogP contribution in [0.4, 0.5) is 16.0 Å². The van der Waals surface area contributed by atoms with E-state index in [9.17, 15) is 9.18 Å². The van der Waals surface area contributed by atoms with Crippen molar-refractivity contribution in [1.29, 1.82) is 0 Å². The molecule has 1 aliphatic carbocycles. The summed E-state index contributed by atoms with van der Waals surface area (Å²) in [6, 6.07) is 5.80. The average Bonchev–Trinajstić information content (AvgIpc) is 2.87. The predicted octanol–water partition coefficient (Wildman–Crippen LogP) is 2.79. The number of Topliss-reactive ketones (excluding diaryl/α,β-unsaturated/α-hetero) is 1. The zero-order valence-corrected chi connectivity index (χ0v) is 11.6. The van der Waals surface area contributed by atoms with Gasteiger partial charge in [-0.3, -0.25) is 4.79 Å². The van der Waals surface area contributed by atoms with Gasteiger partial charge in [-0.15, -0.1) is 0 Å². The second-order valence-electron chi connectivity index (χ2n) is 5.35. The number of carbonyl (C=O) groups is 1. The minimum absolute atomic E-state index is 0.0107. The summed E-state index contributed by atoms with van der Waals surface area (Å²) in [5.41, 5.74) is 1.71. The van der Waals surface area contributed by atoms with Gasteiger partial charge >= 0.3 is 0 Å². The molecule has 1 aliphatic heterocycles. The van der Waals surface area contributed by atoms with E-state index in [2.05, 4.69) is 20.9 Å². The standard InChI is InChI=1S/C15H13FN4O2/c16-9-5-2-1-4-8(9)13-12-10(6-3-7-11(12)21)17-14-15(18-13)20-22-19-14/h1-2,4-5,13H,3,6-7H2,(H,17,19)(H,18,20)/t13-/m1/s1. The first-order valence-electron chi connectivity index (χ1n) is 7.11. The molecule has 22 heavy (non-hydrogen) atoms. The van der Waals surface area contributed by atoms with Crippen LogP contribution in [0.3, 0.4) is 0 Å². The van der Waals surface area contributed by atoms with Crippen molar-refractivity contribution in [3.63, 3.8) is 0 Å². The first-order valence-corrected chi connectivity index (χ1v) is 7.11. The molecule has 4 rings (SSSR count). The van der Waals surface area contributed by atoms with Crippen molar-refractivity contribution >= 4 is 17.4 Å². The van der Waals surface area contributed by atoms with E-state index in [-0.39, 0.29) is 11.6 Å². The van der Waals surface area contributed by atoms with Crippen LogP contribution in [0.25, 0.3) is 0 Å². The van der Waals surface area contributed by atoms with Crippen LogP contribution in [0.5, 0.6) is 0 Å². The molecule has 2 N–H and O–H groups in total. The molecule has 0 radical (unpaired) electrons. The summed E-state index contributed by atoms with van der Waals surface area (Å²) in [5, 5.41) is 13.7. The second kappa shape index (κ2) is 4.94.